The molecule has 0 saturated carbocycles. The van der Waals surface area contributed by atoms with Gasteiger partial charge in [-0.3, -0.25) is 4.79 Å². The van der Waals surface area contributed by atoms with Crippen LogP contribution in [-0.2, 0) is 9.53 Å². The molecule has 0 spiro atoms. The fraction of sp³-hybridized carbons (Fsp3) is 0.263. The van der Waals surface area contributed by atoms with Gasteiger partial charge in [-0.25, -0.2) is 4.79 Å². The third-order valence-corrected chi connectivity index (χ3v) is 3.98. The molecule has 6 heteroatoms. The number of ether oxygens (including phenoxy) is 2. The molecule has 1 amide bonds. The third kappa shape index (κ3) is 5.50. The molecule has 0 bridgehead atoms. The van der Waals surface area contributed by atoms with Gasteiger partial charge in [0.1, 0.15) is 5.75 Å². The minimum absolute atomic E-state index is 0.188. The third-order valence-electron chi connectivity index (χ3n) is 3.55. The Bertz CT molecular complexity index is 761. The van der Waals surface area contributed by atoms with E-state index in [1.54, 1.807) is 36.4 Å². The first kappa shape index (κ1) is 18.8. The van der Waals surface area contributed by atoms with Crippen molar-refractivity contribution in [1.29, 1.82) is 0 Å². The Balaban J connectivity index is 1.81. The van der Waals surface area contributed by atoms with Crippen molar-refractivity contribution < 1.29 is 19.1 Å². The fourth-order valence-electron chi connectivity index (χ4n) is 2.22. The lowest BCUT2D eigenvalue weighted by Crippen LogP contribution is -2.15. The highest BCUT2D eigenvalue weighted by Crippen LogP contribution is 2.21. The molecule has 0 radical (unpaired) electrons. The highest BCUT2D eigenvalue weighted by Gasteiger charge is 2.13. The lowest BCUT2D eigenvalue weighted by molar-refractivity contribution is -0.116. The monoisotopic (exact) mass is 361 g/mol. The Morgan fingerprint density at radius 1 is 1.16 bits per heavy atom. The van der Waals surface area contributed by atoms with Crippen molar-refractivity contribution in [2.45, 2.75) is 19.8 Å². The van der Waals surface area contributed by atoms with E-state index in [-0.39, 0.29) is 12.3 Å². The number of carbonyl (C=O) groups excluding carboxylic acids is 2. The minimum atomic E-state index is -0.489. The molecule has 1 N–H and O–H groups in total. The summed E-state index contributed by atoms with van der Waals surface area (Å²) < 4.78 is 10.3. The van der Waals surface area contributed by atoms with Crippen molar-refractivity contribution in [3.63, 3.8) is 0 Å². The molecular formula is C19H20ClNO4. The Labute approximate surface area is 151 Å². The first-order valence-corrected chi connectivity index (χ1v) is 8.25. The van der Waals surface area contributed by atoms with Crippen LogP contribution in [0.25, 0.3) is 0 Å². The van der Waals surface area contributed by atoms with Gasteiger partial charge in [0.25, 0.3) is 0 Å². The average molecular weight is 362 g/mol. The molecule has 132 valence electrons. The van der Waals surface area contributed by atoms with E-state index in [2.05, 4.69) is 5.32 Å². The van der Waals surface area contributed by atoms with Crippen LogP contribution in [0.5, 0.6) is 5.75 Å². The van der Waals surface area contributed by atoms with E-state index < -0.39 is 5.97 Å². The molecule has 2 aromatic carbocycles. The van der Waals surface area contributed by atoms with E-state index in [9.17, 15) is 9.59 Å². The van der Waals surface area contributed by atoms with Gasteiger partial charge in [0, 0.05) is 11.4 Å². The van der Waals surface area contributed by atoms with Gasteiger partial charge < -0.3 is 14.8 Å². The molecule has 0 saturated heterocycles. The largest absolute Gasteiger partial charge is 0.494 e. The van der Waals surface area contributed by atoms with Crippen LogP contribution in [0.4, 0.5) is 5.69 Å². The van der Waals surface area contributed by atoms with Gasteiger partial charge in [-0.2, -0.15) is 0 Å². The molecule has 0 unspecified atom stereocenters. The van der Waals surface area contributed by atoms with Crippen molar-refractivity contribution in [2.75, 3.05) is 19.0 Å². The van der Waals surface area contributed by atoms with E-state index in [1.165, 1.54) is 7.11 Å². The average Bonchev–Trinajstić information content (AvgIpc) is 2.61. The molecule has 0 fully saturated rings. The number of halogens is 1. The predicted molar refractivity (Wildman–Crippen MR) is 97.3 cm³/mol. The van der Waals surface area contributed by atoms with Crippen molar-refractivity contribution in [1.82, 2.24) is 0 Å². The zero-order valence-electron chi connectivity index (χ0n) is 14.2. The van der Waals surface area contributed by atoms with E-state index in [0.29, 0.717) is 29.3 Å². The molecule has 2 aromatic rings. The maximum absolute atomic E-state index is 12.0. The molecule has 0 aromatic heterocycles. The second-order valence-electron chi connectivity index (χ2n) is 5.45. The van der Waals surface area contributed by atoms with Gasteiger partial charge >= 0.3 is 5.97 Å². The number of anilines is 1. The van der Waals surface area contributed by atoms with Gasteiger partial charge in [0.05, 0.1) is 25.0 Å². The van der Waals surface area contributed by atoms with Crippen molar-refractivity contribution >= 4 is 29.2 Å². The van der Waals surface area contributed by atoms with Crippen molar-refractivity contribution in [3.05, 3.63) is 58.6 Å². The fourth-order valence-corrected chi connectivity index (χ4v) is 2.34. The second-order valence-corrected chi connectivity index (χ2v) is 5.86. The molecule has 0 aliphatic rings. The summed E-state index contributed by atoms with van der Waals surface area (Å²) in [4.78, 5) is 23.7. The normalized spacial score (nSPS) is 10.2. The van der Waals surface area contributed by atoms with Crippen LogP contribution in [0.15, 0.2) is 42.5 Å². The van der Waals surface area contributed by atoms with Crippen LogP contribution in [0.2, 0.25) is 5.02 Å². The first-order valence-electron chi connectivity index (χ1n) is 7.87. The lowest BCUT2D eigenvalue weighted by Gasteiger charge is -2.10. The molecule has 2 rings (SSSR count). The van der Waals surface area contributed by atoms with E-state index in [1.807, 2.05) is 13.0 Å². The van der Waals surface area contributed by atoms with Crippen LogP contribution in [-0.4, -0.2) is 25.6 Å². The highest BCUT2D eigenvalue weighted by atomic mass is 35.5. The van der Waals surface area contributed by atoms with Gasteiger partial charge in [-0.15, -0.1) is 0 Å². The molecule has 0 atom stereocenters. The van der Waals surface area contributed by atoms with E-state index >= 15 is 0 Å². The number of aryl methyl sites for hydroxylation is 1. The second kappa shape index (κ2) is 9.08. The number of nitrogens with one attached hydrogen (secondary N) is 1. The molecule has 0 heterocycles. The number of hydrogen-bond acceptors (Lipinski definition) is 4. The van der Waals surface area contributed by atoms with Gasteiger partial charge in [0.15, 0.2) is 0 Å². The van der Waals surface area contributed by atoms with E-state index in [0.717, 1.165) is 11.3 Å². The summed E-state index contributed by atoms with van der Waals surface area (Å²) in [6.07, 6.45) is 0.829. The number of amides is 1. The van der Waals surface area contributed by atoms with Gasteiger partial charge in [-0.1, -0.05) is 23.7 Å². The molecular weight excluding hydrogens is 342 g/mol. The standard InChI is InChI=1S/C19H20ClNO4/c1-13-12-14(9-10-16(13)20)25-11-5-8-18(22)21-17-7-4-3-6-15(17)19(23)24-2/h3-4,6-7,9-10,12H,5,8,11H2,1-2H3,(H,21,22). The molecule has 0 aliphatic heterocycles. The summed E-state index contributed by atoms with van der Waals surface area (Å²) in [6.45, 7) is 2.31. The zero-order chi connectivity index (χ0) is 18.2. The number of rotatable bonds is 7. The zero-order valence-corrected chi connectivity index (χ0v) is 14.9. The van der Waals surface area contributed by atoms with Gasteiger partial charge in [0.2, 0.25) is 5.91 Å². The summed E-state index contributed by atoms with van der Waals surface area (Å²) in [5, 5.41) is 3.42. The SMILES string of the molecule is COC(=O)c1ccccc1NC(=O)CCCOc1ccc(Cl)c(C)c1. The minimum Gasteiger partial charge on any atom is -0.494 e. The van der Waals surface area contributed by atoms with Gasteiger partial charge in [-0.05, 0) is 49.2 Å². The number of esters is 1. The van der Waals surface area contributed by atoms with Crippen LogP contribution < -0.4 is 10.1 Å². The number of methoxy groups -OCH3 is 1. The Hall–Kier alpha value is -2.53. The Morgan fingerprint density at radius 3 is 2.64 bits per heavy atom. The number of benzene rings is 2. The smallest absolute Gasteiger partial charge is 0.339 e. The van der Waals surface area contributed by atoms with Crippen molar-refractivity contribution in [3.8, 4) is 5.75 Å². The van der Waals surface area contributed by atoms with Crippen molar-refractivity contribution in [2.24, 2.45) is 0 Å². The summed E-state index contributed by atoms with van der Waals surface area (Å²) in [5.74, 6) is 0.0444. The Kier molecular flexibility index (Phi) is 6.83. The first-order chi connectivity index (χ1) is 12.0. The maximum Gasteiger partial charge on any atom is 0.339 e. The molecule has 0 aliphatic carbocycles. The predicted octanol–water partition coefficient (Wildman–Crippen LogP) is 4.23. The maximum atomic E-state index is 12.0. The van der Waals surface area contributed by atoms with Crippen LogP contribution >= 0.6 is 11.6 Å². The Morgan fingerprint density at radius 2 is 1.92 bits per heavy atom. The highest BCUT2D eigenvalue weighted by molar-refractivity contribution is 6.31. The molecule has 5 nitrogen and oxygen atoms in total. The summed E-state index contributed by atoms with van der Waals surface area (Å²) in [6, 6.07) is 12.2. The number of carbonyl (C=O) groups is 2. The number of para-hydroxylation sites is 1. The molecule has 25 heavy (non-hydrogen) atoms. The summed E-state index contributed by atoms with van der Waals surface area (Å²) in [5.41, 5.74) is 1.70. The topological polar surface area (TPSA) is 64.6 Å². The number of hydrogen-bond donors (Lipinski definition) is 1. The van der Waals surface area contributed by atoms with E-state index in [4.69, 9.17) is 21.1 Å². The van der Waals surface area contributed by atoms with Crippen LogP contribution in [0, 0.1) is 6.92 Å². The summed E-state index contributed by atoms with van der Waals surface area (Å²) in [7, 11) is 1.30. The summed E-state index contributed by atoms with van der Waals surface area (Å²) >= 11 is 5.96. The van der Waals surface area contributed by atoms with Crippen LogP contribution in [0.3, 0.4) is 0 Å². The quantitative estimate of drug-likeness (QED) is 0.592. The van der Waals surface area contributed by atoms with Crippen LogP contribution in [0.1, 0.15) is 28.8 Å². The lowest BCUT2D eigenvalue weighted by atomic mass is 10.1.